The van der Waals surface area contributed by atoms with Crippen LogP contribution in [0.5, 0.6) is 0 Å². The van der Waals surface area contributed by atoms with Crippen molar-refractivity contribution in [2.24, 2.45) is 5.92 Å². The van der Waals surface area contributed by atoms with E-state index in [1.807, 2.05) is 26.1 Å². The second-order valence-electron chi connectivity index (χ2n) is 4.75. The van der Waals surface area contributed by atoms with E-state index in [9.17, 15) is 5.11 Å². The van der Waals surface area contributed by atoms with Crippen LogP contribution in [-0.2, 0) is 0 Å². The number of hydrogen-bond donors (Lipinski definition) is 1. The van der Waals surface area contributed by atoms with Crippen LogP contribution in [0.15, 0.2) is 18.3 Å². The summed E-state index contributed by atoms with van der Waals surface area (Å²) in [5.74, 6) is 0.398. The summed E-state index contributed by atoms with van der Waals surface area (Å²) in [6.45, 7) is 5.91. The minimum Gasteiger partial charge on any atom is -0.393 e. The maximum absolute atomic E-state index is 9.64. The Morgan fingerprint density at radius 2 is 2.31 bits per heavy atom. The zero-order valence-electron chi connectivity index (χ0n) is 10.1. The van der Waals surface area contributed by atoms with Crippen molar-refractivity contribution < 1.29 is 5.11 Å². The van der Waals surface area contributed by atoms with E-state index in [-0.39, 0.29) is 6.10 Å². The molecule has 16 heavy (non-hydrogen) atoms. The molecule has 0 bridgehead atoms. The molecular formula is C13H20N2O. The van der Waals surface area contributed by atoms with Crippen LogP contribution in [0.4, 0.5) is 5.69 Å². The molecule has 0 aliphatic carbocycles. The van der Waals surface area contributed by atoms with Crippen LogP contribution in [0.25, 0.3) is 0 Å². The topological polar surface area (TPSA) is 36.4 Å². The molecule has 2 rings (SSSR count). The molecule has 1 aliphatic heterocycles. The Labute approximate surface area is 97.1 Å². The molecule has 0 saturated carbocycles. The zero-order valence-corrected chi connectivity index (χ0v) is 10.1. The van der Waals surface area contributed by atoms with Crippen LogP contribution in [-0.4, -0.2) is 29.3 Å². The number of aryl methyl sites for hydroxylation is 1. The number of aliphatic hydroxyl groups is 1. The van der Waals surface area contributed by atoms with Gasteiger partial charge in [-0.15, -0.1) is 0 Å². The highest BCUT2D eigenvalue weighted by Crippen LogP contribution is 2.24. The monoisotopic (exact) mass is 220 g/mol. The highest BCUT2D eigenvalue weighted by Gasteiger charge is 2.23. The number of pyridine rings is 1. The van der Waals surface area contributed by atoms with Crippen LogP contribution < -0.4 is 4.90 Å². The smallest absolute Gasteiger partial charge is 0.0557 e. The molecule has 1 aromatic heterocycles. The van der Waals surface area contributed by atoms with Gasteiger partial charge in [0.2, 0.25) is 0 Å². The number of rotatable bonds is 2. The van der Waals surface area contributed by atoms with Crippen LogP contribution in [0.1, 0.15) is 25.5 Å². The predicted molar refractivity (Wildman–Crippen MR) is 65.6 cm³/mol. The SMILES string of the molecule is Cc1ccc(N2CCC[C@@H]([C@@H](C)O)C2)cn1. The van der Waals surface area contributed by atoms with Gasteiger partial charge < -0.3 is 10.0 Å². The van der Waals surface area contributed by atoms with Gasteiger partial charge in [0.25, 0.3) is 0 Å². The number of aliphatic hydroxyl groups excluding tert-OH is 1. The summed E-state index contributed by atoms with van der Waals surface area (Å²) < 4.78 is 0. The van der Waals surface area contributed by atoms with Gasteiger partial charge in [-0.05, 0) is 38.8 Å². The lowest BCUT2D eigenvalue weighted by atomic mass is 9.93. The van der Waals surface area contributed by atoms with Gasteiger partial charge in [-0.3, -0.25) is 4.98 Å². The van der Waals surface area contributed by atoms with E-state index in [2.05, 4.69) is 16.0 Å². The summed E-state index contributed by atoms with van der Waals surface area (Å²) in [5, 5.41) is 9.64. The molecule has 1 N–H and O–H groups in total. The van der Waals surface area contributed by atoms with Crippen molar-refractivity contribution in [3.63, 3.8) is 0 Å². The summed E-state index contributed by atoms with van der Waals surface area (Å²) in [4.78, 5) is 6.65. The maximum Gasteiger partial charge on any atom is 0.0557 e. The van der Waals surface area contributed by atoms with Crippen molar-refractivity contribution in [3.8, 4) is 0 Å². The van der Waals surface area contributed by atoms with Gasteiger partial charge in [-0.25, -0.2) is 0 Å². The fourth-order valence-corrected chi connectivity index (χ4v) is 2.29. The first-order chi connectivity index (χ1) is 7.66. The Kier molecular flexibility index (Phi) is 3.44. The lowest BCUT2D eigenvalue weighted by molar-refractivity contribution is 0.115. The Balaban J connectivity index is 2.06. The highest BCUT2D eigenvalue weighted by atomic mass is 16.3. The van der Waals surface area contributed by atoms with E-state index < -0.39 is 0 Å². The van der Waals surface area contributed by atoms with Crippen LogP contribution in [0, 0.1) is 12.8 Å². The van der Waals surface area contributed by atoms with Crippen molar-refractivity contribution in [1.29, 1.82) is 0 Å². The van der Waals surface area contributed by atoms with Crippen molar-refractivity contribution >= 4 is 5.69 Å². The third kappa shape index (κ3) is 2.53. The average Bonchev–Trinajstić information content (AvgIpc) is 2.30. The molecule has 0 radical (unpaired) electrons. The number of hydrogen-bond acceptors (Lipinski definition) is 3. The lowest BCUT2D eigenvalue weighted by Gasteiger charge is -2.35. The standard InChI is InChI=1S/C13H20N2O/c1-10-5-6-13(8-14-10)15-7-3-4-12(9-15)11(2)16/h5-6,8,11-12,16H,3-4,7,9H2,1-2H3/t11-,12-/m1/s1. The minimum absolute atomic E-state index is 0.207. The quantitative estimate of drug-likeness (QED) is 0.828. The van der Waals surface area contributed by atoms with Gasteiger partial charge in [0, 0.05) is 24.7 Å². The minimum atomic E-state index is -0.207. The average molecular weight is 220 g/mol. The molecule has 1 aromatic rings. The summed E-state index contributed by atoms with van der Waals surface area (Å²) in [6, 6.07) is 4.16. The molecule has 0 spiro atoms. The molecule has 0 amide bonds. The van der Waals surface area contributed by atoms with E-state index in [4.69, 9.17) is 0 Å². The normalized spacial score (nSPS) is 23.2. The first-order valence-corrected chi connectivity index (χ1v) is 6.02. The van der Waals surface area contributed by atoms with E-state index in [1.54, 1.807) is 0 Å². The van der Waals surface area contributed by atoms with Gasteiger partial charge in [-0.1, -0.05) is 0 Å². The fourth-order valence-electron chi connectivity index (χ4n) is 2.29. The molecule has 0 unspecified atom stereocenters. The van der Waals surface area contributed by atoms with E-state index >= 15 is 0 Å². The number of nitrogens with zero attached hydrogens (tertiary/aromatic N) is 2. The van der Waals surface area contributed by atoms with Crippen molar-refractivity contribution in [3.05, 3.63) is 24.0 Å². The summed E-state index contributed by atoms with van der Waals surface area (Å²) in [7, 11) is 0. The summed E-state index contributed by atoms with van der Waals surface area (Å²) in [6.07, 6.45) is 4.01. The van der Waals surface area contributed by atoms with Crippen LogP contribution in [0.2, 0.25) is 0 Å². The first-order valence-electron chi connectivity index (χ1n) is 6.02. The summed E-state index contributed by atoms with van der Waals surface area (Å²) >= 11 is 0. The van der Waals surface area contributed by atoms with E-state index in [0.29, 0.717) is 5.92 Å². The Morgan fingerprint density at radius 1 is 1.50 bits per heavy atom. The van der Waals surface area contributed by atoms with Crippen LogP contribution >= 0.6 is 0 Å². The van der Waals surface area contributed by atoms with Gasteiger partial charge in [-0.2, -0.15) is 0 Å². The second-order valence-corrected chi connectivity index (χ2v) is 4.75. The fraction of sp³-hybridized carbons (Fsp3) is 0.615. The molecule has 88 valence electrons. The van der Waals surface area contributed by atoms with E-state index in [1.165, 1.54) is 5.69 Å². The molecule has 2 heterocycles. The largest absolute Gasteiger partial charge is 0.393 e. The van der Waals surface area contributed by atoms with Crippen LogP contribution in [0.3, 0.4) is 0 Å². The second kappa shape index (κ2) is 4.83. The number of piperidine rings is 1. The highest BCUT2D eigenvalue weighted by molar-refractivity contribution is 5.44. The molecule has 0 aromatic carbocycles. The van der Waals surface area contributed by atoms with Crippen molar-refractivity contribution in [2.75, 3.05) is 18.0 Å². The van der Waals surface area contributed by atoms with Gasteiger partial charge in [0.1, 0.15) is 0 Å². The molecule has 1 fully saturated rings. The van der Waals surface area contributed by atoms with Gasteiger partial charge in [0.15, 0.2) is 0 Å². The Bertz CT molecular complexity index is 334. The van der Waals surface area contributed by atoms with Gasteiger partial charge in [0.05, 0.1) is 18.0 Å². The Morgan fingerprint density at radius 3 is 2.94 bits per heavy atom. The number of aromatic nitrogens is 1. The third-order valence-electron chi connectivity index (χ3n) is 3.40. The molecule has 3 nitrogen and oxygen atoms in total. The molecule has 1 saturated heterocycles. The molecule has 1 aliphatic rings. The molecular weight excluding hydrogens is 200 g/mol. The molecule has 2 atom stereocenters. The lowest BCUT2D eigenvalue weighted by Crippen LogP contribution is -2.39. The van der Waals surface area contributed by atoms with E-state index in [0.717, 1.165) is 31.6 Å². The molecule has 3 heteroatoms. The zero-order chi connectivity index (χ0) is 11.5. The number of anilines is 1. The maximum atomic E-state index is 9.64. The van der Waals surface area contributed by atoms with Crippen molar-refractivity contribution in [2.45, 2.75) is 32.8 Å². The van der Waals surface area contributed by atoms with Crippen molar-refractivity contribution in [1.82, 2.24) is 4.98 Å². The Hall–Kier alpha value is -1.09. The summed E-state index contributed by atoms with van der Waals surface area (Å²) in [5.41, 5.74) is 2.23. The first kappa shape index (κ1) is 11.4. The third-order valence-corrected chi connectivity index (χ3v) is 3.40. The van der Waals surface area contributed by atoms with Gasteiger partial charge >= 0.3 is 0 Å². The predicted octanol–water partition coefficient (Wildman–Crippen LogP) is 1.99.